The molecule has 1 aliphatic rings. The Hall–Kier alpha value is -2.28. The lowest BCUT2D eigenvalue weighted by molar-refractivity contribution is 1.02. The molecule has 0 aliphatic carbocycles. The summed E-state index contributed by atoms with van der Waals surface area (Å²) in [5.41, 5.74) is 8.90. The normalized spacial score (nSPS) is 14.2. The third kappa shape index (κ3) is 2.64. The first-order chi connectivity index (χ1) is 10.2. The highest BCUT2D eigenvalue weighted by molar-refractivity contribution is 5.90. The van der Waals surface area contributed by atoms with E-state index in [0.717, 1.165) is 18.5 Å². The predicted octanol–water partition coefficient (Wildman–Crippen LogP) is 5.19. The van der Waals surface area contributed by atoms with Crippen molar-refractivity contribution >= 4 is 11.3 Å². The van der Waals surface area contributed by atoms with Crippen LogP contribution in [-0.4, -0.2) is 6.54 Å². The fourth-order valence-electron chi connectivity index (χ4n) is 3.02. The van der Waals surface area contributed by atoms with Crippen molar-refractivity contribution in [2.45, 2.75) is 20.3 Å². The van der Waals surface area contributed by atoms with Gasteiger partial charge in [-0.2, -0.15) is 0 Å². The Labute approximate surface area is 127 Å². The van der Waals surface area contributed by atoms with Crippen LogP contribution in [0.1, 0.15) is 30.0 Å². The minimum absolute atomic E-state index is 0.953. The summed E-state index contributed by atoms with van der Waals surface area (Å²) < 4.78 is 0. The quantitative estimate of drug-likeness (QED) is 0.795. The van der Waals surface area contributed by atoms with E-state index in [9.17, 15) is 0 Å². The fraction of sp³-hybridized carbons (Fsp3) is 0.200. The minimum Gasteiger partial charge on any atom is -0.384 e. The van der Waals surface area contributed by atoms with Crippen LogP contribution in [-0.2, 0) is 0 Å². The fourth-order valence-corrected chi connectivity index (χ4v) is 3.02. The summed E-state index contributed by atoms with van der Waals surface area (Å²) in [6.45, 7) is 9.41. The van der Waals surface area contributed by atoms with E-state index in [1.807, 2.05) is 0 Å². The zero-order valence-corrected chi connectivity index (χ0v) is 12.7. The summed E-state index contributed by atoms with van der Waals surface area (Å²) in [7, 11) is 0. The first-order valence-corrected chi connectivity index (χ1v) is 7.46. The van der Waals surface area contributed by atoms with Gasteiger partial charge in [0.2, 0.25) is 0 Å². The number of hydrogen-bond donors (Lipinski definition) is 1. The predicted molar refractivity (Wildman–Crippen MR) is 91.6 cm³/mol. The molecule has 0 saturated carbocycles. The Balaban J connectivity index is 2.30. The topological polar surface area (TPSA) is 12.0 Å². The summed E-state index contributed by atoms with van der Waals surface area (Å²) in [6.07, 6.45) is 1.01. The molecule has 0 saturated heterocycles. The van der Waals surface area contributed by atoms with Crippen LogP contribution in [0.15, 0.2) is 66.3 Å². The molecule has 2 aromatic rings. The molecule has 1 nitrogen and oxygen atoms in total. The number of allylic oxidation sites excluding steroid dienone is 1. The number of anilines is 1. The highest BCUT2D eigenvalue weighted by Crippen LogP contribution is 2.37. The number of fused-ring (bicyclic) bond motifs is 1. The first-order valence-electron chi connectivity index (χ1n) is 7.46. The third-order valence-electron chi connectivity index (χ3n) is 4.01. The lowest BCUT2D eigenvalue weighted by Gasteiger charge is -2.16. The molecule has 0 bridgehead atoms. The van der Waals surface area contributed by atoms with Crippen LogP contribution in [0.2, 0.25) is 0 Å². The molecule has 1 heterocycles. The summed E-state index contributed by atoms with van der Waals surface area (Å²) in [6, 6.07) is 17.3. The Morgan fingerprint density at radius 2 is 1.90 bits per heavy atom. The Bertz CT molecular complexity index is 722. The molecule has 0 spiro atoms. The maximum absolute atomic E-state index is 4.21. The van der Waals surface area contributed by atoms with Crippen molar-refractivity contribution in [3.05, 3.63) is 82.9 Å². The molecule has 0 fully saturated rings. The number of nitrogens with one attached hydrogen (secondary N) is 1. The van der Waals surface area contributed by atoms with Crippen LogP contribution in [0.5, 0.6) is 0 Å². The second-order valence-electron chi connectivity index (χ2n) is 5.73. The molecule has 1 aliphatic heterocycles. The van der Waals surface area contributed by atoms with Gasteiger partial charge in [0.1, 0.15) is 0 Å². The van der Waals surface area contributed by atoms with Crippen molar-refractivity contribution in [3.8, 4) is 0 Å². The molecule has 106 valence electrons. The van der Waals surface area contributed by atoms with Crippen molar-refractivity contribution in [2.24, 2.45) is 0 Å². The molecule has 3 rings (SSSR count). The number of hydrogen-bond acceptors (Lipinski definition) is 1. The summed E-state index contributed by atoms with van der Waals surface area (Å²) in [5, 5.41) is 3.54. The van der Waals surface area contributed by atoms with Gasteiger partial charge < -0.3 is 5.32 Å². The van der Waals surface area contributed by atoms with Crippen molar-refractivity contribution in [3.63, 3.8) is 0 Å². The largest absolute Gasteiger partial charge is 0.384 e. The average Bonchev–Trinajstić information content (AvgIpc) is 2.66. The monoisotopic (exact) mass is 275 g/mol. The average molecular weight is 275 g/mol. The number of benzene rings is 2. The maximum atomic E-state index is 4.21. The van der Waals surface area contributed by atoms with Gasteiger partial charge in [-0.3, -0.25) is 0 Å². The van der Waals surface area contributed by atoms with Crippen LogP contribution in [0.25, 0.3) is 5.57 Å². The summed E-state index contributed by atoms with van der Waals surface area (Å²) in [4.78, 5) is 0. The highest BCUT2D eigenvalue weighted by atomic mass is 14.9. The molecule has 1 heteroatoms. The maximum Gasteiger partial charge on any atom is 0.0420 e. The molecule has 21 heavy (non-hydrogen) atoms. The molecule has 0 unspecified atom stereocenters. The van der Waals surface area contributed by atoms with E-state index in [0.29, 0.717) is 0 Å². The van der Waals surface area contributed by atoms with Crippen LogP contribution < -0.4 is 5.32 Å². The number of para-hydroxylation sites is 1. The van der Waals surface area contributed by atoms with Gasteiger partial charge in [0.05, 0.1) is 0 Å². The van der Waals surface area contributed by atoms with E-state index < -0.39 is 0 Å². The van der Waals surface area contributed by atoms with Crippen LogP contribution >= 0.6 is 0 Å². The van der Waals surface area contributed by atoms with Crippen LogP contribution in [0, 0.1) is 6.92 Å². The zero-order valence-electron chi connectivity index (χ0n) is 12.7. The van der Waals surface area contributed by atoms with Gasteiger partial charge in [-0.05, 0) is 43.0 Å². The summed E-state index contributed by atoms with van der Waals surface area (Å²) in [5.74, 6) is 0. The zero-order chi connectivity index (χ0) is 14.8. The number of rotatable bonds is 2. The molecule has 2 aromatic carbocycles. The molecule has 0 aromatic heterocycles. The highest BCUT2D eigenvalue weighted by Gasteiger charge is 2.18. The van der Waals surface area contributed by atoms with Gasteiger partial charge in [0.25, 0.3) is 0 Å². The van der Waals surface area contributed by atoms with Gasteiger partial charge >= 0.3 is 0 Å². The summed E-state index contributed by atoms with van der Waals surface area (Å²) >= 11 is 0. The lowest BCUT2D eigenvalue weighted by atomic mass is 9.88. The van der Waals surface area contributed by atoms with Crippen molar-refractivity contribution in [2.75, 3.05) is 11.9 Å². The first kappa shape index (κ1) is 13.7. The van der Waals surface area contributed by atoms with Gasteiger partial charge in [0, 0.05) is 17.8 Å². The van der Waals surface area contributed by atoms with E-state index in [-0.39, 0.29) is 0 Å². The Kier molecular flexibility index (Phi) is 3.66. The van der Waals surface area contributed by atoms with E-state index >= 15 is 0 Å². The van der Waals surface area contributed by atoms with Crippen molar-refractivity contribution in [1.29, 1.82) is 0 Å². The van der Waals surface area contributed by atoms with E-state index in [2.05, 4.69) is 74.3 Å². The van der Waals surface area contributed by atoms with Crippen molar-refractivity contribution in [1.82, 2.24) is 0 Å². The van der Waals surface area contributed by atoms with Crippen LogP contribution in [0.4, 0.5) is 5.69 Å². The molecular weight excluding hydrogens is 254 g/mol. The lowest BCUT2D eigenvalue weighted by Crippen LogP contribution is -2.00. The SMILES string of the molecule is C=C(C)C1=C(c2cccc(C)c2)c2ccccc2NCC1. The van der Waals surface area contributed by atoms with E-state index in [1.54, 1.807) is 0 Å². The second kappa shape index (κ2) is 5.61. The van der Waals surface area contributed by atoms with E-state index in [4.69, 9.17) is 0 Å². The Morgan fingerprint density at radius 3 is 2.67 bits per heavy atom. The smallest absolute Gasteiger partial charge is 0.0420 e. The molecule has 0 amide bonds. The second-order valence-corrected chi connectivity index (χ2v) is 5.73. The molecular formula is C20H21N. The van der Waals surface area contributed by atoms with Crippen LogP contribution in [0.3, 0.4) is 0 Å². The molecule has 0 radical (unpaired) electrons. The Morgan fingerprint density at radius 1 is 1.10 bits per heavy atom. The van der Waals surface area contributed by atoms with Gasteiger partial charge in [0.15, 0.2) is 0 Å². The van der Waals surface area contributed by atoms with Gasteiger partial charge in [-0.1, -0.05) is 60.2 Å². The van der Waals surface area contributed by atoms with Gasteiger partial charge in [-0.25, -0.2) is 0 Å². The van der Waals surface area contributed by atoms with Crippen molar-refractivity contribution < 1.29 is 0 Å². The van der Waals surface area contributed by atoms with Gasteiger partial charge in [-0.15, -0.1) is 0 Å². The molecule has 0 atom stereocenters. The standard InChI is InChI=1S/C20H21N/c1-14(2)17-11-12-21-19-10-5-4-9-18(19)20(17)16-8-6-7-15(3)13-16/h4-10,13,21H,1,11-12H2,2-3H3. The van der Waals surface area contributed by atoms with E-state index in [1.165, 1.54) is 33.5 Å². The minimum atomic E-state index is 0.953. The third-order valence-corrected chi connectivity index (χ3v) is 4.01. The molecule has 1 N–H and O–H groups in total. The number of aryl methyl sites for hydroxylation is 1.